The molecule has 4 rings (SSSR count). The largest absolute Gasteiger partial charge is 0.494 e. The van der Waals surface area contributed by atoms with Gasteiger partial charge in [0.05, 0.1) is 26.4 Å². The van der Waals surface area contributed by atoms with Gasteiger partial charge in [0.25, 0.3) is 0 Å². The fourth-order valence-corrected chi connectivity index (χ4v) is 6.68. The molecule has 8 heteroatoms. The molecule has 1 saturated carbocycles. The minimum absolute atomic E-state index is 0.0544. The Morgan fingerprint density at radius 1 is 0.611 bits per heavy atom. The summed E-state index contributed by atoms with van der Waals surface area (Å²) in [7, 11) is 0. The third-order valence-electron chi connectivity index (χ3n) is 9.87. The Kier molecular flexibility index (Phi) is 20.5. The van der Waals surface area contributed by atoms with Gasteiger partial charge in [0.15, 0.2) is 11.6 Å². The van der Waals surface area contributed by atoms with E-state index < -0.39 is 0 Å². The molecule has 0 spiro atoms. The highest BCUT2D eigenvalue weighted by atomic mass is 16.5. The number of hydrogen-bond acceptors (Lipinski definition) is 8. The van der Waals surface area contributed by atoms with E-state index in [1.165, 1.54) is 44.3 Å². The Morgan fingerprint density at radius 3 is 1.65 bits per heavy atom. The quantitative estimate of drug-likeness (QED) is 0.0409. The van der Waals surface area contributed by atoms with Gasteiger partial charge in [-0.3, -0.25) is 9.59 Å². The van der Waals surface area contributed by atoms with Crippen molar-refractivity contribution in [2.75, 3.05) is 26.4 Å². The summed E-state index contributed by atoms with van der Waals surface area (Å²) in [6, 6.07) is 19.3. The standard InChI is InChI=1S/C29H38O4.C17H22O4/c1-3-22-11-7-8-12-23(22)21-28(30)26-14-13-25-20-27(16-15-24(25)19-26)32-17-9-5-6-10-18-33-29(31)4-2;1-3-17(19)21-13-7-5-4-6-12-20-16-10-8-15(9-11-16)14(2)18/h4,13-16,19-20,22-23H,2-3,5-12,17-18,21H2,1H3;3,8-11H,1,4-7,12-13H2,2H3/t22-,23+;/m0./s1. The number of ether oxygens (including phenoxy) is 4. The Morgan fingerprint density at radius 2 is 1.09 bits per heavy atom. The van der Waals surface area contributed by atoms with Gasteiger partial charge in [-0.25, -0.2) is 9.59 Å². The van der Waals surface area contributed by atoms with E-state index in [2.05, 4.69) is 20.1 Å². The van der Waals surface area contributed by atoms with E-state index >= 15 is 0 Å². The second kappa shape index (κ2) is 25.3. The number of Topliss-reactive ketones (excluding diaryl/α,β-unsaturated/α-hetero) is 2. The van der Waals surface area contributed by atoms with Crippen LogP contribution in [0.15, 0.2) is 86.0 Å². The molecule has 0 N–H and O–H groups in total. The fourth-order valence-electron chi connectivity index (χ4n) is 6.68. The van der Waals surface area contributed by atoms with Crippen molar-refractivity contribution in [2.45, 2.75) is 104 Å². The molecule has 0 amide bonds. The maximum atomic E-state index is 12.9. The molecule has 3 aromatic carbocycles. The molecule has 0 aromatic heterocycles. The van der Waals surface area contributed by atoms with Gasteiger partial charge >= 0.3 is 11.9 Å². The van der Waals surface area contributed by atoms with E-state index in [9.17, 15) is 19.2 Å². The Labute approximate surface area is 322 Å². The number of hydrogen-bond donors (Lipinski definition) is 0. The number of benzene rings is 3. The Hall–Kier alpha value is -4.72. The predicted octanol–water partition coefficient (Wildman–Crippen LogP) is 10.9. The molecule has 3 aromatic rings. The van der Waals surface area contributed by atoms with Gasteiger partial charge in [0.1, 0.15) is 11.5 Å². The van der Waals surface area contributed by atoms with Crippen LogP contribution >= 0.6 is 0 Å². The first-order valence-electron chi connectivity index (χ1n) is 19.8. The molecule has 1 aliphatic carbocycles. The maximum absolute atomic E-state index is 12.9. The predicted molar refractivity (Wildman–Crippen MR) is 215 cm³/mol. The van der Waals surface area contributed by atoms with E-state index in [1.807, 2.05) is 48.5 Å². The average Bonchev–Trinajstić information content (AvgIpc) is 3.19. The van der Waals surface area contributed by atoms with Gasteiger partial charge in [0, 0.05) is 29.7 Å². The maximum Gasteiger partial charge on any atom is 0.330 e. The second-order valence-electron chi connectivity index (χ2n) is 13.9. The number of esters is 2. The summed E-state index contributed by atoms with van der Waals surface area (Å²) in [6.07, 6.45) is 17.0. The van der Waals surface area contributed by atoms with Gasteiger partial charge < -0.3 is 18.9 Å². The highest BCUT2D eigenvalue weighted by molar-refractivity contribution is 6.00. The normalized spacial score (nSPS) is 14.9. The molecular weight excluding hydrogens is 680 g/mol. The molecule has 0 aliphatic heterocycles. The van der Waals surface area contributed by atoms with Crippen molar-refractivity contribution in [3.05, 3.63) is 97.1 Å². The summed E-state index contributed by atoms with van der Waals surface area (Å²) in [5.74, 6) is 2.49. The lowest BCUT2D eigenvalue weighted by molar-refractivity contribution is -0.138. The van der Waals surface area contributed by atoms with Crippen LogP contribution in [0.1, 0.15) is 124 Å². The van der Waals surface area contributed by atoms with Crippen molar-refractivity contribution >= 4 is 34.3 Å². The molecule has 0 radical (unpaired) electrons. The van der Waals surface area contributed by atoms with E-state index in [-0.39, 0.29) is 23.5 Å². The number of unbranched alkanes of at least 4 members (excludes halogenated alkanes) is 6. The summed E-state index contributed by atoms with van der Waals surface area (Å²) in [5, 5.41) is 2.18. The Balaban J connectivity index is 0.000000322. The van der Waals surface area contributed by atoms with E-state index in [0.717, 1.165) is 79.2 Å². The van der Waals surface area contributed by atoms with Crippen LogP contribution in [0, 0.1) is 11.8 Å². The zero-order chi connectivity index (χ0) is 39.0. The van der Waals surface area contributed by atoms with Crippen LogP contribution < -0.4 is 9.47 Å². The van der Waals surface area contributed by atoms with Crippen molar-refractivity contribution in [1.29, 1.82) is 0 Å². The summed E-state index contributed by atoms with van der Waals surface area (Å²) >= 11 is 0. The topological polar surface area (TPSA) is 105 Å². The van der Waals surface area contributed by atoms with Gasteiger partial charge in [-0.05, 0) is 130 Å². The first kappa shape index (κ1) is 43.7. The highest BCUT2D eigenvalue weighted by Gasteiger charge is 2.26. The molecule has 0 saturated heterocycles. The van der Waals surface area contributed by atoms with Crippen molar-refractivity contribution in [2.24, 2.45) is 11.8 Å². The van der Waals surface area contributed by atoms with Crippen LogP contribution in [0.3, 0.4) is 0 Å². The van der Waals surface area contributed by atoms with Crippen LogP contribution in [0.5, 0.6) is 11.5 Å². The van der Waals surface area contributed by atoms with E-state index in [1.54, 1.807) is 19.1 Å². The third-order valence-corrected chi connectivity index (χ3v) is 9.87. The van der Waals surface area contributed by atoms with Crippen LogP contribution in [0.2, 0.25) is 0 Å². The van der Waals surface area contributed by atoms with Gasteiger partial charge in [-0.2, -0.15) is 0 Å². The highest BCUT2D eigenvalue weighted by Crippen LogP contribution is 2.35. The van der Waals surface area contributed by atoms with Crippen LogP contribution in [0.25, 0.3) is 10.8 Å². The molecule has 54 heavy (non-hydrogen) atoms. The SMILES string of the molecule is C=CC(=O)OCCCCCCOc1ccc(C(C)=O)cc1.C=CC(=O)OCCCCCCOc1ccc2cc(C(=O)C[C@H]3CCCC[C@@H]3CC)ccc2c1. The lowest BCUT2D eigenvalue weighted by Crippen LogP contribution is -2.21. The zero-order valence-electron chi connectivity index (χ0n) is 32.5. The Bertz CT molecular complexity index is 1630. The van der Waals surface area contributed by atoms with Crippen LogP contribution in [0.4, 0.5) is 0 Å². The van der Waals surface area contributed by atoms with Crippen molar-refractivity contribution in [1.82, 2.24) is 0 Å². The lowest BCUT2D eigenvalue weighted by Gasteiger charge is -2.30. The molecular formula is C46H60O8. The van der Waals surface area contributed by atoms with Crippen LogP contribution in [-0.2, 0) is 19.1 Å². The van der Waals surface area contributed by atoms with Crippen molar-refractivity contribution in [3.63, 3.8) is 0 Å². The van der Waals surface area contributed by atoms with Crippen molar-refractivity contribution < 1.29 is 38.1 Å². The molecule has 8 nitrogen and oxygen atoms in total. The van der Waals surface area contributed by atoms with Crippen molar-refractivity contribution in [3.8, 4) is 11.5 Å². The van der Waals surface area contributed by atoms with Gasteiger partial charge in [-0.15, -0.1) is 0 Å². The molecule has 1 fully saturated rings. The zero-order valence-corrected chi connectivity index (χ0v) is 32.5. The number of carbonyl (C=O) groups is 4. The number of ketones is 2. The molecule has 292 valence electrons. The molecule has 2 atom stereocenters. The number of carbonyl (C=O) groups excluding carboxylic acids is 4. The smallest absolute Gasteiger partial charge is 0.330 e. The minimum atomic E-state index is -0.368. The lowest BCUT2D eigenvalue weighted by atomic mass is 9.75. The molecule has 0 unspecified atom stereocenters. The first-order chi connectivity index (χ1) is 26.2. The second-order valence-corrected chi connectivity index (χ2v) is 13.9. The summed E-state index contributed by atoms with van der Waals surface area (Å²) < 4.78 is 21.4. The van der Waals surface area contributed by atoms with Gasteiger partial charge in [-0.1, -0.05) is 64.0 Å². The average molecular weight is 741 g/mol. The van der Waals surface area contributed by atoms with E-state index in [0.29, 0.717) is 50.2 Å². The molecule has 0 heterocycles. The summed E-state index contributed by atoms with van der Waals surface area (Å²) in [4.78, 5) is 45.8. The first-order valence-corrected chi connectivity index (χ1v) is 19.8. The molecule has 0 bridgehead atoms. The molecule has 1 aliphatic rings. The monoisotopic (exact) mass is 740 g/mol. The number of rotatable bonds is 23. The number of fused-ring (bicyclic) bond motifs is 1. The minimum Gasteiger partial charge on any atom is -0.494 e. The van der Waals surface area contributed by atoms with E-state index in [4.69, 9.17) is 18.9 Å². The summed E-state index contributed by atoms with van der Waals surface area (Å²) in [5.41, 5.74) is 1.52. The fraction of sp³-hybridized carbons (Fsp3) is 0.478. The third kappa shape index (κ3) is 16.5. The van der Waals surface area contributed by atoms with Crippen LogP contribution in [-0.4, -0.2) is 49.9 Å². The van der Waals surface area contributed by atoms with Gasteiger partial charge in [0.2, 0.25) is 0 Å². The summed E-state index contributed by atoms with van der Waals surface area (Å²) in [6.45, 7) is 12.7.